The second-order valence-corrected chi connectivity index (χ2v) is 9.95. The fraction of sp³-hybridized carbons (Fsp3) is 0.323. The number of aryl methyl sites for hydroxylation is 1. The van der Waals surface area contributed by atoms with Crippen molar-refractivity contribution in [1.29, 1.82) is 0 Å². The van der Waals surface area contributed by atoms with E-state index in [1.807, 2.05) is 50.2 Å². The molecular weight excluding hydrogens is 492 g/mol. The Hall–Kier alpha value is -4.17. The maximum atomic E-state index is 14.0. The van der Waals surface area contributed by atoms with Gasteiger partial charge in [0.2, 0.25) is 5.91 Å². The van der Waals surface area contributed by atoms with E-state index in [4.69, 9.17) is 4.99 Å². The average Bonchev–Trinajstić information content (AvgIpc) is 3.08. The second-order valence-electron chi connectivity index (χ2n) is 9.95. The van der Waals surface area contributed by atoms with E-state index in [1.54, 1.807) is 43.5 Å². The molecule has 2 N–H and O–H groups in total. The van der Waals surface area contributed by atoms with Crippen LogP contribution in [0, 0.1) is 5.41 Å². The normalized spacial score (nSPS) is 16.5. The van der Waals surface area contributed by atoms with Gasteiger partial charge in [0.25, 0.3) is 5.91 Å². The predicted molar refractivity (Wildman–Crippen MR) is 152 cm³/mol. The summed E-state index contributed by atoms with van der Waals surface area (Å²) in [7, 11) is 0. The molecule has 0 radical (unpaired) electrons. The largest absolute Gasteiger partial charge is 0.395 e. The first-order valence-corrected chi connectivity index (χ1v) is 13.2. The SMILES string of the molecule is CCc1cccc(NC(=O)CC2N=C(c3ccccn3)c3ccccc3N(CC(=O)C(C)(CC)CO)C2=O)c1. The molecule has 0 saturated heterocycles. The minimum Gasteiger partial charge on any atom is -0.395 e. The van der Waals surface area contributed by atoms with Crippen LogP contribution in [0.3, 0.4) is 0 Å². The lowest BCUT2D eigenvalue weighted by Crippen LogP contribution is -2.46. The van der Waals surface area contributed by atoms with Gasteiger partial charge in [-0.25, -0.2) is 0 Å². The molecule has 0 aliphatic carbocycles. The number of hydrogen-bond acceptors (Lipinski definition) is 6. The molecular formula is C31H34N4O4. The number of pyridine rings is 1. The number of aliphatic hydroxyl groups excluding tert-OH is 1. The number of rotatable bonds is 10. The monoisotopic (exact) mass is 526 g/mol. The first-order valence-electron chi connectivity index (χ1n) is 13.2. The molecule has 1 aliphatic heterocycles. The molecule has 8 heteroatoms. The molecule has 39 heavy (non-hydrogen) atoms. The van der Waals surface area contributed by atoms with Crippen LogP contribution >= 0.6 is 0 Å². The van der Waals surface area contributed by atoms with Crippen LogP contribution in [0.1, 0.15) is 50.4 Å². The number of fused-ring (bicyclic) bond motifs is 1. The summed E-state index contributed by atoms with van der Waals surface area (Å²) in [6, 6.07) is 19.1. The number of nitrogens with one attached hydrogen (secondary N) is 1. The van der Waals surface area contributed by atoms with Crippen molar-refractivity contribution in [3.05, 3.63) is 89.7 Å². The zero-order chi connectivity index (χ0) is 28.0. The molecule has 3 aromatic rings. The highest BCUT2D eigenvalue weighted by Gasteiger charge is 2.38. The minimum absolute atomic E-state index is 0.213. The number of Topliss-reactive ketones (excluding diaryl/α,β-unsaturated/α-hetero) is 1. The number of aromatic nitrogens is 1. The third-order valence-corrected chi connectivity index (χ3v) is 7.30. The van der Waals surface area contributed by atoms with Gasteiger partial charge in [-0.1, -0.05) is 57.2 Å². The first-order chi connectivity index (χ1) is 18.8. The van der Waals surface area contributed by atoms with E-state index in [0.29, 0.717) is 34.8 Å². The van der Waals surface area contributed by atoms with E-state index >= 15 is 0 Å². The Morgan fingerprint density at radius 3 is 2.51 bits per heavy atom. The number of anilines is 2. The number of carbonyl (C=O) groups excluding carboxylic acids is 3. The summed E-state index contributed by atoms with van der Waals surface area (Å²) in [5.74, 6) is -1.09. The van der Waals surface area contributed by atoms with Crippen LogP contribution in [0.2, 0.25) is 0 Å². The maximum absolute atomic E-state index is 14.0. The highest BCUT2D eigenvalue weighted by Crippen LogP contribution is 2.31. The van der Waals surface area contributed by atoms with Crippen LogP contribution in [0.15, 0.2) is 77.9 Å². The van der Waals surface area contributed by atoms with Gasteiger partial charge in [0.1, 0.15) is 6.04 Å². The Labute approximate surface area is 228 Å². The van der Waals surface area contributed by atoms with Crippen molar-refractivity contribution >= 4 is 34.7 Å². The van der Waals surface area contributed by atoms with Crippen molar-refractivity contribution in [2.45, 2.75) is 46.1 Å². The Balaban J connectivity index is 1.74. The van der Waals surface area contributed by atoms with Gasteiger partial charge in [0, 0.05) is 17.4 Å². The number of aliphatic imine (C=N–C) groups is 1. The smallest absolute Gasteiger partial charge is 0.252 e. The van der Waals surface area contributed by atoms with E-state index in [1.165, 1.54) is 4.90 Å². The Morgan fingerprint density at radius 2 is 1.82 bits per heavy atom. The number of benzene rings is 2. The van der Waals surface area contributed by atoms with Crippen molar-refractivity contribution in [3.63, 3.8) is 0 Å². The number of amides is 2. The van der Waals surface area contributed by atoms with E-state index in [-0.39, 0.29) is 31.3 Å². The van der Waals surface area contributed by atoms with Crippen molar-refractivity contribution in [1.82, 2.24) is 4.98 Å². The molecule has 1 aliphatic rings. The Kier molecular flexibility index (Phi) is 8.66. The van der Waals surface area contributed by atoms with Crippen LogP contribution in [-0.2, 0) is 20.8 Å². The fourth-order valence-corrected chi connectivity index (χ4v) is 4.48. The van der Waals surface area contributed by atoms with Gasteiger partial charge in [-0.15, -0.1) is 0 Å². The number of aliphatic hydroxyl groups is 1. The number of carbonyl (C=O) groups is 3. The molecule has 0 bridgehead atoms. The lowest BCUT2D eigenvalue weighted by atomic mass is 9.83. The van der Waals surface area contributed by atoms with Crippen LogP contribution in [0.4, 0.5) is 11.4 Å². The van der Waals surface area contributed by atoms with E-state index in [2.05, 4.69) is 10.3 Å². The lowest BCUT2D eigenvalue weighted by Gasteiger charge is -2.30. The molecule has 2 atom stereocenters. The van der Waals surface area contributed by atoms with Crippen LogP contribution in [0.5, 0.6) is 0 Å². The van der Waals surface area contributed by atoms with Gasteiger partial charge in [-0.3, -0.25) is 24.4 Å². The highest BCUT2D eigenvalue weighted by atomic mass is 16.3. The second kappa shape index (κ2) is 12.1. The molecule has 2 aromatic carbocycles. The predicted octanol–water partition coefficient (Wildman–Crippen LogP) is 4.20. The molecule has 0 saturated carbocycles. The molecule has 2 heterocycles. The van der Waals surface area contributed by atoms with Crippen molar-refractivity contribution in [3.8, 4) is 0 Å². The summed E-state index contributed by atoms with van der Waals surface area (Å²) >= 11 is 0. The summed E-state index contributed by atoms with van der Waals surface area (Å²) in [6.45, 7) is 4.98. The summed E-state index contributed by atoms with van der Waals surface area (Å²) in [5.41, 5.74) is 2.90. The minimum atomic E-state index is -1.08. The van der Waals surface area contributed by atoms with Gasteiger partial charge < -0.3 is 15.3 Å². The Morgan fingerprint density at radius 1 is 1.05 bits per heavy atom. The van der Waals surface area contributed by atoms with E-state index in [0.717, 1.165) is 12.0 Å². The molecule has 4 rings (SSSR count). The number of hydrogen-bond donors (Lipinski definition) is 2. The van der Waals surface area contributed by atoms with E-state index < -0.39 is 17.4 Å². The third-order valence-electron chi connectivity index (χ3n) is 7.30. The number of benzodiazepines with no additional fused rings is 1. The number of ketones is 1. The summed E-state index contributed by atoms with van der Waals surface area (Å²) in [4.78, 5) is 51.2. The van der Waals surface area contributed by atoms with Gasteiger partial charge >= 0.3 is 0 Å². The van der Waals surface area contributed by atoms with Crippen LogP contribution in [-0.4, -0.2) is 52.6 Å². The van der Waals surface area contributed by atoms with Crippen LogP contribution < -0.4 is 10.2 Å². The van der Waals surface area contributed by atoms with Crippen molar-refractivity contribution < 1.29 is 19.5 Å². The summed E-state index contributed by atoms with van der Waals surface area (Å²) < 4.78 is 0. The molecule has 8 nitrogen and oxygen atoms in total. The van der Waals surface area contributed by atoms with Crippen molar-refractivity contribution in [2.75, 3.05) is 23.4 Å². The van der Waals surface area contributed by atoms with E-state index in [9.17, 15) is 19.5 Å². The molecule has 2 amide bonds. The van der Waals surface area contributed by atoms with Crippen molar-refractivity contribution in [2.24, 2.45) is 10.4 Å². The maximum Gasteiger partial charge on any atom is 0.252 e. The molecule has 0 spiro atoms. The molecule has 2 unspecified atom stereocenters. The fourth-order valence-electron chi connectivity index (χ4n) is 4.48. The van der Waals surface area contributed by atoms with Gasteiger partial charge in [-0.2, -0.15) is 0 Å². The van der Waals surface area contributed by atoms with Gasteiger partial charge in [0.05, 0.1) is 42.1 Å². The first kappa shape index (κ1) is 27.9. The number of nitrogens with zero attached hydrogens (tertiary/aromatic N) is 3. The molecule has 1 aromatic heterocycles. The standard InChI is InChI=1S/C31H34N4O4/c1-4-21-11-10-12-22(17-21)33-28(38)18-25-30(39)35(19-27(37)31(3,5-2)20-36)26-15-7-6-13-23(26)29(34-25)24-14-8-9-16-32-24/h6-17,25,36H,4-5,18-20H2,1-3H3,(H,33,38). The lowest BCUT2D eigenvalue weighted by molar-refractivity contribution is -0.131. The highest BCUT2D eigenvalue weighted by molar-refractivity contribution is 6.20. The quantitative estimate of drug-likeness (QED) is 0.411. The summed E-state index contributed by atoms with van der Waals surface area (Å²) in [5, 5.41) is 12.8. The Bertz CT molecular complexity index is 1380. The molecule has 202 valence electrons. The zero-order valence-electron chi connectivity index (χ0n) is 22.6. The molecule has 0 fully saturated rings. The zero-order valence-corrected chi connectivity index (χ0v) is 22.6. The average molecular weight is 527 g/mol. The topological polar surface area (TPSA) is 112 Å². The van der Waals surface area contributed by atoms with Crippen LogP contribution in [0.25, 0.3) is 0 Å². The van der Waals surface area contributed by atoms with Gasteiger partial charge in [-0.05, 0) is 48.7 Å². The number of para-hydroxylation sites is 1. The summed E-state index contributed by atoms with van der Waals surface area (Å²) in [6.07, 6.45) is 2.68. The van der Waals surface area contributed by atoms with Gasteiger partial charge in [0.15, 0.2) is 5.78 Å². The third kappa shape index (κ3) is 6.12.